The molecule has 1 aromatic carbocycles. The average Bonchev–Trinajstić information content (AvgIpc) is 2.41. The minimum Gasteiger partial charge on any atom is -0.365 e. The Morgan fingerprint density at radius 2 is 2.32 bits per heavy atom. The summed E-state index contributed by atoms with van der Waals surface area (Å²) in [4.78, 5) is 17.8. The number of benzene rings is 1. The van der Waals surface area contributed by atoms with E-state index in [0.717, 1.165) is 0 Å². The van der Waals surface area contributed by atoms with E-state index in [1.807, 2.05) is 28.7 Å². The second-order valence-electron chi connectivity index (χ2n) is 3.67. The number of aromatic amines is 1. The first-order chi connectivity index (χ1) is 9.11. The number of hydrogen-bond acceptors (Lipinski definition) is 4. The van der Waals surface area contributed by atoms with Gasteiger partial charge in [-0.2, -0.15) is 5.26 Å². The van der Waals surface area contributed by atoms with Gasteiger partial charge in [-0.15, -0.1) is 0 Å². The predicted octanol–water partition coefficient (Wildman–Crippen LogP) is 2.00. The number of hydrogen-bond donors (Lipinski definition) is 2. The lowest BCUT2D eigenvalue weighted by molar-refractivity contribution is 0.612. The molecule has 0 radical (unpaired) electrons. The van der Waals surface area contributed by atoms with Crippen molar-refractivity contribution in [3.05, 3.63) is 55.4 Å². The third-order valence-electron chi connectivity index (χ3n) is 2.43. The SMILES string of the molecule is N#Cc1ccc(CNc2nc[nH]c(=O)c2I)c(F)c1. The molecule has 0 aliphatic heterocycles. The zero-order chi connectivity index (χ0) is 13.8. The molecule has 0 atom stereocenters. The first-order valence-corrected chi connectivity index (χ1v) is 6.35. The number of H-pyrrole nitrogens is 1. The van der Waals surface area contributed by atoms with Gasteiger partial charge in [0.15, 0.2) is 0 Å². The zero-order valence-electron chi connectivity index (χ0n) is 9.58. The molecule has 1 aromatic heterocycles. The van der Waals surface area contributed by atoms with Crippen LogP contribution in [0.1, 0.15) is 11.1 Å². The summed E-state index contributed by atoms with van der Waals surface area (Å²) in [5, 5.41) is 11.5. The number of nitriles is 1. The third-order valence-corrected chi connectivity index (χ3v) is 3.43. The van der Waals surface area contributed by atoms with Gasteiger partial charge < -0.3 is 10.3 Å². The van der Waals surface area contributed by atoms with Gasteiger partial charge in [-0.05, 0) is 34.7 Å². The predicted molar refractivity (Wildman–Crippen MR) is 76.0 cm³/mol. The van der Waals surface area contributed by atoms with Crippen LogP contribution >= 0.6 is 22.6 Å². The molecule has 19 heavy (non-hydrogen) atoms. The average molecular weight is 370 g/mol. The van der Waals surface area contributed by atoms with E-state index in [2.05, 4.69) is 15.3 Å². The Morgan fingerprint density at radius 1 is 1.53 bits per heavy atom. The summed E-state index contributed by atoms with van der Waals surface area (Å²) in [5.41, 5.74) is 0.417. The molecule has 0 saturated heterocycles. The van der Waals surface area contributed by atoms with Crippen molar-refractivity contribution in [2.75, 3.05) is 5.32 Å². The van der Waals surface area contributed by atoms with Crippen molar-refractivity contribution in [1.82, 2.24) is 9.97 Å². The maximum Gasteiger partial charge on any atom is 0.266 e. The highest BCUT2D eigenvalue weighted by Crippen LogP contribution is 2.14. The van der Waals surface area contributed by atoms with Crippen molar-refractivity contribution < 1.29 is 4.39 Å². The van der Waals surface area contributed by atoms with Crippen LogP contribution < -0.4 is 10.9 Å². The van der Waals surface area contributed by atoms with Crippen molar-refractivity contribution in [2.24, 2.45) is 0 Å². The summed E-state index contributed by atoms with van der Waals surface area (Å²) < 4.78 is 14.0. The minimum atomic E-state index is -0.466. The van der Waals surface area contributed by atoms with Crippen molar-refractivity contribution in [3.63, 3.8) is 0 Å². The van der Waals surface area contributed by atoms with Crippen LogP contribution in [0, 0.1) is 20.7 Å². The fourth-order valence-electron chi connectivity index (χ4n) is 1.45. The number of nitrogens with zero attached hydrogens (tertiary/aromatic N) is 2. The Bertz CT molecular complexity index is 708. The Labute approximate surface area is 121 Å². The Kier molecular flexibility index (Phi) is 4.11. The van der Waals surface area contributed by atoms with Gasteiger partial charge >= 0.3 is 0 Å². The highest BCUT2D eigenvalue weighted by molar-refractivity contribution is 14.1. The van der Waals surface area contributed by atoms with Crippen LogP contribution in [-0.2, 0) is 6.54 Å². The molecule has 7 heteroatoms. The molecule has 0 bridgehead atoms. The van der Waals surface area contributed by atoms with Gasteiger partial charge in [-0.25, -0.2) is 9.37 Å². The monoisotopic (exact) mass is 370 g/mol. The van der Waals surface area contributed by atoms with E-state index in [9.17, 15) is 9.18 Å². The molecule has 2 rings (SSSR count). The molecule has 0 amide bonds. The van der Waals surface area contributed by atoms with Crippen molar-refractivity contribution in [2.45, 2.75) is 6.54 Å². The van der Waals surface area contributed by atoms with Crippen LogP contribution in [0.25, 0.3) is 0 Å². The minimum absolute atomic E-state index is 0.185. The second-order valence-corrected chi connectivity index (χ2v) is 4.74. The van der Waals surface area contributed by atoms with E-state index in [1.54, 1.807) is 0 Å². The molecule has 96 valence electrons. The van der Waals surface area contributed by atoms with Gasteiger partial charge in [0.25, 0.3) is 5.56 Å². The fraction of sp³-hybridized carbons (Fsp3) is 0.0833. The molecule has 0 unspecified atom stereocenters. The van der Waals surface area contributed by atoms with E-state index in [4.69, 9.17) is 5.26 Å². The van der Waals surface area contributed by atoms with Crippen LogP contribution in [0.4, 0.5) is 10.2 Å². The summed E-state index contributed by atoms with van der Waals surface area (Å²) >= 11 is 1.86. The highest BCUT2D eigenvalue weighted by atomic mass is 127. The quantitative estimate of drug-likeness (QED) is 0.810. The van der Waals surface area contributed by atoms with Crippen LogP contribution in [0.3, 0.4) is 0 Å². The lowest BCUT2D eigenvalue weighted by Gasteiger charge is -2.07. The maximum absolute atomic E-state index is 13.6. The number of aromatic nitrogens is 2. The number of halogens is 2. The lowest BCUT2D eigenvalue weighted by atomic mass is 10.1. The molecule has 0 aliphatic rings. The molecule has 0 aliphatic carbocycles. The van der Waals surface area contributed by atoms with E-state index in [1.165, 1.54) is 24.5 Å². The van der Waals surface area contributed by atoms with Gasteiger partial charge in [0.1, 0.15) is 15.2 Å². The van der Waals surface area contributed by atoms with Crippen LogP contribution in [0.2, 0.25) is 0 Å². The zero-order valence-corrected chi connectivity index (χ0v) is 11.7. The molecule has 2 N–H and O–H groups in total. The molecular formula is C12H8FIN4O. The molecule has 0 fully saturated rings. The fourth-order valence-corrected chi connectivity index (χ4v) is 1.93. The normalized spacial score (nSPS) is 9.95. The Hall–Kier alpha value is -1.95. The van der Waals surface area contributed by atoms with Crippen molar-refractivity contribution in [3.8, 4) is 6.07 Å². The Balaban J connectivity index is 2.17. The smallest absolute Gasteiger partial charge is 0.266 e. The van der Waals surface area contributed by atoms with Gasteiger partial charge in [0.05, 0.1) is 18.0 Å². The second kappa shape index (κ2) is 5.79. The number of nitrogens with one attached hydrogen (secondary N) is 2. The van der Waals surface area contributed by atoms with Gasteiger partial charge in [0, 0.05) is 12.1 Å². The van der Waals surface area contributed by atoms with Gasteiger partial charge in [0.2, 0.25) is 0 Å². The van der Waals surface area contributed by atoms with Gasteiger partial charge in [-0.3, -0.25) is 4.79 Å². The molecule has 0 spiro atoms. The number of rotatable bonds is 3. The van der Waals surface area contributed by atoms with Crippen LogP contribution in [0.5, 0.6) is 0 Å². The molecular weight excluding hydrogens is 362 g/mol. The molecule has 5 nitrogen and oxygen atoms in total. The summed E-state index contributed by atoms with van der Waals surface area (Å²) in [6, 6.07) is 6.11. The third kappa shape index (κ3) is 3.08. The van der Waals surface area contributed by atoms with Crippen molar-refractivity contribution >= 4 is 28.4 Å². The number of anilines is 1. The van der Waals surface area contributed by atoms with Crippen molar-refractivity contribution in [1.29, 1.82) is 5.26 Å². The van der Waals surface area contributed by atoms with Crippen LogP contribution in [0.15, 0.2) is 29.3 Å². The highest BCUT2D eigenvalue weighted by Gasteiger charge is 2.07. The summed E-state index contributed by atoms with van der Waals surface area (Å²) in [5.74, 6) is -0.0699. The van der Waals surface area contributed by atoms with E-state index >= 15 is 0 Å². The largest absolute Gasteiger partial charge is 0.365 e. The molecule has 1 heterocycles. The maximum atomic E-state index is 13.6. The van der Waals surface area contributed by atoms with Gasteiger partial charge in [-0.1, -0.05) is 6.07 Å². The standard InChI is InChI=1S/C12H8FIN4O/c13-9-3-7(4-15)1-2-8(9)5-16-11-10(14)12(19)18-6-17-11/h1-3,6H,5H2,(H2,16,17,18,19). The van der Waals surface area contributed by atoms with Crippen LogP contribution in [-0.4, -0.2) is 9.97 Å². The molecule has 2 aromatic rings. The van der Waals surface area contributed by atoms with E-state index in [-0.39, 0.29) is 17.7 Å². The molecule has 0 saturated carbocycles. The topological polar surface area (TPSA) is 81.6 Å². The lowest BCUT2D eigenvalue weighted by Crippen LogP contribution is -2.15. The Morgan fingerprint density at radius 3 is 3.00 bits per heavy atom. The first-order valence-electron chi connectivity index (χ1n) is 5.27. The summed E-state index contributed by atoms with van der Waals surface area (Å²) in [7, 11) is 0. The first kappa shape index (κ1) is 13.5. The summed E-state index contributed by atoms with van der Waals surface area (Å²) in [6.45, 7) is 0.185. The van der Waals surface area contributed by atoms with E-state index in [0.29, 0.717) is 15.0 Å². The van der Waals surface area contributed by atoms with E-state index < -0.39 is 5.82 Å². The summed E-state index contributed by atoms with van der Waals surface area (Å²) in [6.07, 6.45) is 1.28.